The Balaban J connectivity index is 1.26. The molecule has 4 aromatic rings. The molecular formula is C31H29N3O5. The first-order valence-corrected chi connectivity index (χ1v) is 12.6. The standard InChI is InChI=1S/C31H29N3O5/c32-17-23-5-4-6-24(15-23)19-34(30(35)20-37-27-7-2-1-3-8-27)18-22-9-12-26(13-10-22)33-31(36)25-11-14-28-29(16-25)39-21-38-28/h1-16H,17-21,32H2,(H,33,36). The minimum absolute atomic E-state index is 0.0791. The number of carbonyl (C=O) groups is 2. The van der Waals surface area contributed by atoms with Crippen molar-refractivity contribution in [2.24, 2.45) is 5.73 Å². The third kappa shape index (κ3) is 6.74. The predicted octanol–water partition coefficient (Wildman–Crippen LogP) is 4.73. The first-order chi connectivity index (χ1) is 19.1. The Morgan fingerprint density at radius 1 is 0.795 bits per heavy atom. The average Bonchev–Trinajstić information content (AvgIpc) is 3.45. The normalized spacial score (nSPS) is 11.6. The molecule has 0 aliphatic carbocycles. The molecule has 4 aromatic carbocycles. The van der Waals surface area contributed by atoms with Crippen molar-refractivity contribution in [3.8, 4) is 17.2 Å². The second-order valence-electron chi connectivity index (χ2n) is 9.09. The molecule has 0 bridgehead atoms. The van der Waals surface area contributed by atoms with Crippen molar-refractivity contribution in [2.75, 3.05) is 18.7 Å². The first-order valence-electron chi connectivity index (χ1n) is 12.6. The number of hydrogen-bond donors (Lipinski definition) is 2. The highest BCUT2D eigenvalue weighted by molar-refractivity contribution is 6.04. The van der Waals surface area contributed by atoms with Crippen LogP contribution in [0.15, 0.2) is 97.1 Å². The predicted molar refractivity (Wildman–Crippen MR) is 147 cm³/mol. The van der Waals surface area contributed by atoms with Gasteiger partial charge in [-0.15, -0.1) is 0 Å². The lowest BCUT2D eigenvalue weighted by Gasteiger charge is -2.24. The van der Waals surface area contributed by atoms with Gasteiger partial charge in [-0.05, 0) is 59.2 Å². The summed E-state index contributed by atoms with van der Waals surface area (Å²) < 4.78 is 16.4. The molecule has 0 spiro atoms. The van der Waals surface area contributed by atoms with Crippen molar-refractivity contribution in [3.63, 3.8) is 0 Å². The highest BCUT2D eigenvalue weighted by Gasteiger charge is 2.18. The van der Waals surface area contributed by atoms with Crippen LogP contribution in [0.4, 0.5) is 5.69 Å². The molecule has 0 radical (unpaired) electrons. The number of nitrogens with two attached hydrogens (primary N) is 1. The number of nitrogens with zero attached hydrogens (tertiary/aromatic N) is 1. The molecule has 39 heavy (non-hydrogen) atoms. The Labute approximate surface area is 226 Å². The molecule has 0 aromatic heterocycles. The maximum atomic E-state index is 13.2. The van der Waals surface area contributed by atoms with E-state index in [1.807, 2.05) is 78.9 Å². The van der Waals surface area contributed by atoms with E-state index < -0.39 is 0 Å². The Bertz CT molecular complexity index is 1440. The lowest BCUT2D eigenvalue weighted by molar-refractivity contribution is -0.134. The van der Waals surface area contributed by atoms with Crippen LogP contribution in [0.3, 0.4) is 0 Å². The summed E-state index contributed by atoms with van der Waals surface area (Å²) >= 11 is 0. The van der Waals surface area contributed by atoms with E-state index in [9.17, 15) is 9.59 Å². The Hall–Kier alpha value is -4.82. The number of hydrogen-bond acceptors (Lipinski definition) is 6. The van der Waals surface area contributed by atoms with Gasteiger partial charge in [0.05, 0.1) is 0 Å². The molecule has 0 unspecified atom stereocenters. The summed E-state index contributed by atoms with van der Waals surface area (Å²) in [6.07, 6.45) is 0. The fourth-order valence-electron chi connectivity index (χ4n) is 4.22. The van der Waals surface area contributed by atoms with E-state index >= 15 is 0 Å². The molecule has 0 saturated carbocycles. The van der Waals surface area contributed by atoms with Gasteiger partial charge in [0.1, 0.15) is 5.75 Å². The first kappa shape index (κ1) is 25.8. The molecule has 5 rings (SSSR count). The molecule has 0 atom stereocenters. The number of nitrogens with one attached hydrogen (secondary N) is 1. The van der Waals surface area contributed by atoms with Crippen LogP contribution >= 0.6 is 0 Å². The van der Waals surface area contributed by atoms with Gasteiger partial charge in [-0.25, -0.2) is 0 Å². The van der Waals surface area contributed by atoms with E-state index in [0.29, 0.717) is 48.1 Å². The average molecular weight is 524 g/mol. The summed E-state index contributed by atoms with van der Waals surface area (Å²) in [6.45, 7) is 1.29. The van der Waals surface area contributed by atoms with E-state index in [0.717, 1.165) is 16.7 Å². The van der Waals surface area contributed by atoms with Crippen molar-refractivity contribution in [1.29, 1.82) is 0 Å². The summed E-state index contributed by atoms with van der Waals surface area (Å²) in [7, 11) is 0. The third-order valence-electron chi connectivity index (χ3n) is 6.28. The van der Waals surface area contributed by atoms with Crippen LogP contribution in [0.2, 0.25) is 0 Å². The second kappa shape index (κ2) is 12.1. The zero-order chi connectivity index (χ0) is 27.0. The number of fused-ring (bicyclic) bond motifs is 1. The molecule has 8 heteroatoms. The van der Waals surface area contributed by atoms with Gasteiger partial charge in [0.2, 0.25) is 6.79 Å². The SMILES string of the molecule is NCc1cccc(CN(Cc2ccc(NC(=O)c3ccc4c(c3)OCO4)cc2)C(=O)COc2ccccc2)c1. The molecular weight excluding hydrogens is 494 g/mol. The van der Waals surface area contributed by atoms with Crippen molar-refractivity contribution < 1.29 is 23.8 Å². The van der Waals surface area contributed by atoms with Gasteiger partial charge in [-0.2, -0.15) is 0 Å². The summed E-state index contributed by atoms with van der Waals surface area (Å²) in [5.74, 6) is 1.42. The summed E-state index contributed by atoms with van der Waals surface area (Å²) in [4.78, 5) is 27.7. The summed E-state index contributed by atoms with van der Waals surface area (Å²) in [5, 5.41) is 2.90. The molecule has 1 heterocycles. The van der Waals surface area contributed by atoms with Crippen LogP contribution in [0, 0.1) is 0 Å². The molecule has 3 N–H and O–H groups in total. The molecule has 1 aliphatic rings. The van der Waals surface area contributed by atoms with Crippen molar-refractivity contribution in [2.45, 2.75) is 19.6 Å². The van der Waals surface area contributed by atoms with E-state index in [1.165, 1.54) is 0 Å². The zero-order valence-electron chi connectivity index (χ0n) is 21.3. The maximum Gasteiger partial charge on any atom is 0.261 e. The van der Waals surface area contributed by atoms with Gasteiger partial charge in [-0.1, -0.05) is 54.6 Å². The van der Waals surface area contributed by atoms with Crippen molar-refractivity contribution >= 4 is 17.5 Å². The van der Waals surface area contributed by atoms with E-state index in [1.54, 1.807) is 23.1 Å². The Morgan fingerprint density at radius 3 is 2.33 bits per heavy atom. The second-order valence-corrected chi connectivity index (χ2v) is 9.09. The quantitative estimate of drug-likeness (QED) is 0.311. The van der Waals surface area contributed by atoms with Gasteiger partial charge in [0.15, 0.2) is 18.1 Å². The van der Waals surface area contributed by atoms with E-state index in [4.69, 9.17) is 19.9 Å². The summed E-state index contributed by atoms with van der Waals surface area (Å²) in [6, 6.07) is 29.6. The molecule has 1 aliphatic heterocycles. The van der Waals surface area contributed by atoms with Crippen LogP contribution in [0.5, 0.6) is 17.2 Å². The third-order valence-corrected chi connectivity index (χ3v) is 6.28. The maximum absolute atomic E-state index is 13.2. The molecule has 0 saturated heterocycles. The molecule has 198 valence electrons. The lowest BCUT2D eigenvalue weighted by atomic mass is 10.1. The smallest absolute Gasteiger partial charge is 0.261 e. The van der Waals surface area contributed by atoms with Crippen LogP contribution in [-0.4, -0.2) is 30.1 Å². The minimum Gasteiger partial charge on any atom is -0.484 e. The fraction of sp³-hybridized carbons (Fsp3) is 0.161. The number of amides is 2. The number of rotatable bonds is 10. The highest BCUT2D eigenvalue weighted by atomic mass is 16.7. The van der Waals surface area contributed by atoms with Crippen LogP contribution in [-0.2, 0) is 24.4 Å². The monoisotopic (exact) mass is 523 g/mol. The largest absolute Gasteiger partial charge is 0.484 e. The highest BCUT2D eigenvalue weighted by Crippen LogP contribution is 2.32. The van der Waals surface area contributed by atoms with Gasteiger partial charge < -0.3 is 30.2 Å². The lowest BCUT2D eigenvalue weighted by Crippen LogP contribution is -2.34. The molecule has 2 amide bonds. The zero-order valence-corrected chi connectivity index (χ0v) is 21.3. The van der Waals surface area contributed by atoms with Crippen LogP contribution in [0.1, 0.15) is 27.0 Å². The van der Waals surface area contributed by atoms with E-state index in [2.05, 4.69) is 5.32 Å². The van der Waals surface area contributed by atoms with Gasteiger partial charge >= 0.3 is 0 Å². The number of ether oxygens (including phenoxy) is 3. The van der Waals surface area contributed by atoms with Gasteiger partial charge in [-0.3, -0.25) is 9.59 Å². The molecule has 0 fully saturated rings. The van der Waals surface area contributed by atoms with Gasteiger partial charge in [0, 0.05) is 30.9 Å². The van der Waals surface area contributed by atoms with E-state index in [-0.39, 0.29) is 25.2 Å². The van der Waals surface area contributed by atoms with Crippen LogP contribution < -0.4 is 25.3 Å². The minimum atomic E-state index is -0.254. The fourth-order valence-corrected chi connectivity index (χ4v) is 4.22. The van der Waals surface area contributed by atoms with Crippen molar-refractivity contribution in [3.05, 3.63) is 119 Å². The molecule has 8 nitrogen and oxygen atoms in total. The summed E-state index contributed by atoms with van der Waals surface area (Å²) in [5.41, 5.74) is 9.83. The van der Waals surface area contributed by atoms with Gasteiger partial charge in [0.25, 0.3) is 11.8 Å². The number of para-hydroxylation sites is 1. The van der Waals surface area contributed by atoms with Crippen molar-refractivity contribution in [1.82, 2.24) is 4.90 Å². The number of benzene rings is 4. The topological polar surface area (TPSA) is 103 Å². The number of carbonyl (C=O) groups excluding carboxylic acids is 2. The Morgan fingerprint density at radius 2 is 1.54 bits per heavy atom. The Kier molecular flexibility index (Phi) is 8.04. The van der Waals surface area contributed by atoms with Crippen LogP contribution in [0.25, 0.3) is 0 Å². The number of anilines is 1.